The Morgan fingerprint density at radius 1 is 1.03 bits per heavy atom. The first kappa shape index (κ1) is 22.1. The first-order valence-corrected chi connectivity index (χ1v) is 10.9. The summed E-state index contributed by atoms with van der Waals surface area (Å²) in [5, 5.41) is 15.1. The number of rotatable bonds is 8. The lowest BCUT2D eigenvalue weighted by Crippen LogP contribution is -2.46. The summed E-state index contributed by atoms with van der Waals surface area (Å²) >= 11 is 0. The molecule has 0 saturated carbocycles. The molecule has 1 N–H and O–H groups in total. The van der Waals surface area contributed by atoms with Gasteiger partial charge in [0, 0.05) is 31.7 Å². The number of hydrogen-bond acceptors (Lipinski definition) is 6. The van der Waals surface area contributed by atoms with Gasteiger partial charge in [-0.3, -0.25) is 4.90 Å². The lowest BCUT2D eigenvalue weighted by atomic mass is 10.00. The molecule has 0 radical (unpaired) electrons. The molecule has 0 bridgehead atoms. The Morgan fingerprint density at radius 2 is 1.78 bits per heavy atom. The summed E-state index contributed by atoms with van der Waals surface area (Å²) in [6.07, 6.45) is 0. The number of benzene rings is 3. The van der Waals surface area contributed by atoms with E-state index < -0.39 is 0 Å². The van der Waals surface area contributed by atoms with Gasteiger partial charge in [0.15, 0.2) is 0 Å². The molecule has 4 rings (SSSR count). The smallest absolute Gasteiger partial charge is 0.142 e. The Morgan fingerprint density at radius 3 is 2.47 bits per heavy atom. The van der Waals surface area contributed by atoms with Gasteiger partial charge >= 0.3 is 0 Å². The molecule has 3 aromatic carbocycles. The third-order valence-electron chi connectivity index (χ3n) is 6.04. The molecule has 32 heavy (non-hydrogen) atoms. The average Bonchev–Trinajstić information content (AvgIpc) is 2.86. The van der Waals surface area contributed by atoms with Crippen molar-refractivity contribution in [3.05, 3.63) is 71.3 Å². The minimum Gasteiger partial charge on any atom is -0.497 e. The van der Waals surface area contributed by atoms with Gasteiger partial charge in [0.1, 0.15) is 17.6 Å². The fraction of sp³-hybridized carbons (Fsp3) is 0.346. The van der Waals surface area contributed by atoms with Gasteiger partial charge in [-0.2, -0.15) is 5.26 Å². The zero-order valence-electron chi connectivity index (χ0n) is 18.6. The SMILES string of the molecule is COc1ccc(C(COCc2c(OC)c(C#N)cc3ccccc23)N2CCNCC2)cc1. The van der Waals surface area contributed by atoms with Crippen LogP contribution in [0.2, 0.25) is 0 Å². The summed E-state index contributed by atoms with van der Waals surface area (Å²) in [5.74, 6) is 1.44. The molecule has 1 aliphatic heterocycles. The zero-order valence-corrected chi connectivity index (χ0v) is 18.6. The maximum atomic E-state index is 9.62. The summed E-state index contributed by atoms with van der Waals surface area (Å²) in [6, 6.07) is 20.5. The molecule has 6 nitrogen and oxygen atoms in total. The quantitative estimate of drug-likeness (QED) is 0.584. The number of nitriles is 1. The van der Waals surface area contributed by atoms with E-state index in [0.717, 1.165) is 48.3 Å². The van der Waals surface area contributed by atoms with Crippen molar-refractivity contribution in [2.75, 3.05) is 47.0 Å². The molecule has 3 aromatic rings. The molecule has 6 heteroatoms. The highest BCUT2D eigenvalue weighted by molar-refractivity contribution is 5.89. The summed E-state index contributed by atoms with van der Waals surface area (Å²) in [7, 11) is 3.29. The summed E-state index contributed by atoms with van der Waals surface area (Å²) in [6.45, 7) is 4.79. The Labute approximate surface area is 189 Å². The van der Waals surface area contributed by atoms with Crippen molar-refractivity contribution in [2.24, 2.45) is 0 Å². The van der Waals surface area contributed by atoms with Gasteiger partial charge in [-0.1, -0.05) is 36.4 Å². The number of methoxy groups -OCH3 is 2. The monoisotopic (exact) mass is 431 g/mol. The van der Waals surface area contributed by atoms with E-state index in [9.17, 15) is 5.26 Å². The highest BCUT2D eigenvalue weighted by atomic mass is 16.5. The lowest BCUT2D eigenvalue weighted by molar-refractivity contribution is 0.0439. The van der Waals surface area contributed by atoms with Crippen molar-refractivity contribution in [3.8, 4) is 17.6 Å². The van der Waals surface area contributed by atoms with Crippen LogP contribution in [0.4, 0.5) is 0 Å². The second-order valence-corrected chi connectivity index (χ2v) is 7.86. The zero-order chi connectivity index (χ0) is 22.3. The third-order valence-corrected chi connectivity index (χ3v) is 6.04. The molecule has 1 heterocycles. The van der Waals surface area contributed by atoms with Crippen LogP contribution in [0.5, 0.6) is 11.5 Å². The van der Waals surface area contributed by atoms with Crippen LogP contribution < -0.4 is 14.8 Å². The van der Waals surface area contributed by atoms with E-state index in [1.165, 1.54) is 5.56 Å². The van der Waals surface area contributed by atoms with Crippen LogP contribution in [-0.2, 0) is 11.3 Å². The van der Waals surface area contributed by atoms with E-state index in [1.54, 1.807) is 14.2 Å². The van der Waals surface area contributed by atoms with Crippen molar-refractivity contribution < 1.29 is 14.2 Å². The predicted molar refractivity (Wildman–Crippen MR) is 125 cm³/mol. The third kappa shape index (κ3) is 4.71. The van der Waals surface area contributed by atoms with Gasteiger partial charge in [-0.25, -0.2) is 0 Å². The molecule has 1 aliphatic rings. The van der Waals surface area contributed by atoms with E-state index in [2.05, 4.69) is 34.5 Å². The normalized spacial score (nSPS) is 15.3. The fourth-order valence-corrected chi connectivity index (χ4v) is 4.37. The number of hydrogen-bond donors (Lipinski definition) is 1. The standard InChI is InChI=1S/C26H29N3O3/c1-30-22-9-7-19(8-10-22)25(29-13-11-28-12-14-29)18-32-17-24-23-6-4-3-5-20(23)15-21(16-27)26(24)31-2/h3-10,15,25,28H,11-14,17-18H2,1-2H3. The summed E-state index contributed by atoms with van der Waals surface area (Å²) in [4.78, 5) is 2.46. The first-order chi connectivity index (χ1) is 15.7. The van der Waals surface area contributed by atoms with Crippen molar-refractivity contribution in [2.45, 2.75) is 12.6 Å². The van der Waals surface area contributed by atoms with Crippen LogP contribution in [0, 0.1) is 11.3 Å². The highest BCUT2D eigenvalue weighted by Gasteiger charge is 2.23. The van der Waals surface area contributed by atoms with E-state index in [1.807, 2.05) is 36.4 Å². The number of ether oxygens (including phenoxy) is 3. The van der Waals surface area contributed by atoms with Crippen LogP contribution in [0.15, 0.2) is 54.6 Å². The number of nitrogens with one attached hydrogen (secondary N) is 1. The number of fused-ring (bicyclic) bond motifs is 1. The van der Waals surface area contributed by atoms with Crippen molar-refractivity contribution in [1.29, 1.82) is 5.26 Å². The lowest BCUT2D eigenvalue weighted by Gasteiger charge is -2.35. The van der Waals surface area contributed by atoms with Crippen molar-refractivity contribution >= 4 is 10.8 Å². The van der Waals surface area contributed by atoms with Crippen molar-refractivity contribution in [3.63, 3.8) is 0 Å². The van der Waals surface area contributed by atoms with Gasteiger partial charge in [0.25, 0.3) is 0 Å². The van der Waals surface area contributed by atoms with Gasteiger partial charge in [-0.15, -0.1) is 0 Å². The molecule has 1 fully saturated rings. The molecule has 1 unspecified atom stereocenters. The van der Waals surface area contributed by atoms with Crippen LogP contribution in [0.1, 0.15) is 22.7 Å². The molecule has 1 saturated heterocycles. The predicted octanol–water partition coefficient (Wildman–Crippen LogP) is 3.89. The summed E-state index contributed by atoms with van der Waals surface area (Å²) < 4.78 is 17.3. The van der Waals surface area contributed by atoms with Crippen LogP contribution in [0.25, 0.3) is 10.8 Å². The number of nitrogens with zero attached hydrogens (tertiary/aromatic N) is 2. The molecule has 0 aromatic heterocycles. The second kappa shape index (κ2) is 10.5. The van der Waals surface area contributed by atoms with E-state index in [4.69, 9.17) is 14.2 Å². The molecule has 1 atom stereocenters. The largest absolute Gasteiger partial charge is 0.497 e. The van der Waals surface area contributed by atoms with Gasteiger partial charge in [0.2, 0.25) is 0 Å². The average molecular weight is 432 g/mol. The molecule has 166 valence electrons. The van der Waals surface area contributed by atoms with Gasteiger partial charge < -0.3 is 19.5 Å². The highest BCUT2D eigenvalue weighted by Crippen LogP contribution is 2.33. The molecule has 0 amide bonds. The minimum absolute atomic E-state index is 0.138. The summed E-state index contributed by atoms with van der Waals surface area (Å²) in [5.41, 5.74) is 2.64. The van der Waals surface area contributed by atoms with Gasteiger partial charge in [0.05, 0.1) is 39.0 Å². The minimum atomic E-state index is 0.138. The molecule has 0 spiro atoms. The fourth-order valence-electron chi connectivity index (χ4n) is 4.37. The Kier molecular flexibility index (Phi) is 7.23. The first-order valence-electron chi connectivity index (χ1n) is 10.9. The van der Waals surface area contributed by atoms with E-state index >= 15 is 0 Å². The van der Waals surface area contributed by atoms with Crippen LogP contribution >= 0.6 is 0 Å². The maximum Gasteiger partial charge on any atom is 0.142 e. The van der Waals surface area contributed by atoms with Crippen LogP contribution in [-0.4, -0.2) is 51.9 Å². The molecular formula is C26H29N3O3. The number of piperazine rings is 1. The Balaban J connectivity index is 1.59. The Hall–Kier alpha value is -3.11. The van der Waals surface area contributed by atoms with Crippen molar-refractivity contribution in [1.82, 2.24) is 10.2 Å². The maximum absolute atomic E-state index is 9.62. The van der Waals surface area contributed by atoms with E-state index in [-0.39, 0.29) is 6.04 Å². The van der Waals surface area contributed by atoms with Crippen LogP contribution in [0.3, 0.4) is 0 Å². The Bertz CT molecular complexity index is 1090. The van der Waals surface area contributed by atoms with Gasteiger partial charge in [-0.05, 0) is 34.5 Å². The van der Waals surface area contributed by atoms with E-state index in [0.29, 0.717) is 24.5 Å². The second-order valence-electron chi connectivity index (χ2n) is 7.86. The topological polar surface area (TPSA) is 66.8 Å². The molecular weight excluding hydrogens is 402 g/mol. The molecule has 0 aliphatic carbocycles.